The van der Waals surface area contributed by atoms with Crippen LogP contribution in [0.1, 0.15) is 61.8 Å². The molecule has 0 saturated heterocycles. The summed E-state index contributed by atoms with van der Waals surface area (Å²) in [6, 6.07) is 0. The maximum absolute atomic E-state index is 3.25. The van der Waals surface area contributed by atoms with Gasteiger partial charge in [-0.15, -0.1) is 0 Å². The van der Waals surface area contributed by atoms with E-state index in [9.17, 15) is 0 Å². The predicted molar refractivity (Wildman–Crippen MR) is 76.8 cm³/mol. The van der Waals surface area contributed by atoms with E-state index in [4.69, 9.17) is 0 Å². The van der Waals surface area contributed by atoms with Crippen molar-refractivity contribution in [1.82, 2.24) is 5.32 Å². The summed E-state index contributed by atoms with van der Waals surface area (Å²) in [6.07, 6.45) is 1.35. The Morgan fingerprint density at radius 1 is 0.938 bits per heavy atom. The molecule has 0 rings (SSSR count). The third-order valence-corrected chi connectivity index (χ3v) is 2.18. The molecule has 0 aliphatic rings. The molecule has 0 aromatic rings. The highest BCUT2D eigenvalue weighted by Gasteiger charge is 2.13. The van der Waals surface area contributed by atoms with Crippen LogP contribution >= 0.6 is 0 Å². The monoisotopic (exact) mass is 229 g/mol. The van der Waals surface area contributed by atoms with E-state index in [0.29, 0.717) is 5.41 Å². The lowest BCUT2D eigenvalue weighted by atomic mass is 9.88. The van der Waals surface area contributed by atoms with E-state index in [1.165, 1.54) is 6.42 Å². The summed E-state index contributed by atoms with van der Waals surface area (Å²) in [4.78, 5) is 0. The Morgan fingerprint density at radius 2 is 1.31 bits per heavy atom. The fourth-order valence-corrected chi connectivity index (χ4v) is 1.46. The van der Waals surface area contributed by atoms with Crippen molar-refractivity contribution in [1.29, 1.82) is 0 Å². The summed E-state index contributed by atoms with van der Waals surface area (Å²) >= 11 is 0. The first-order valence-corrected chi connectivity index (χ1v) is 6.72. The number of nitrogens with one attached hydrogen (secondary N) is 1. The van der Waals surface area contributed by atoms with Crippen molar-refractivity contribution >= 4 is 0 Å². The van der Waals surface area contributed by atoms with Crippen LogP contribution in [0.25, 0.3) is 0 Å². The van der Waals surface area contributed by atoms with E-state index in [0.717, 1.165) is 24.3 Å². The van der Waals surface area contributed by atoms with Gasteiger partial charge in [-0.2, -0.15) is 0 Å². The maximum Gasteiger partial charge on any atom is -0.00210 e. The summed E-state index contributed by atoms with van der Waals surface area (Å²) in [5, 5.41) is 3.25. The van der Waals surface area contributed by atoms with Gasteiger partial charge in [-0.3, -0.25) is 0 Å². The van der Waals surface area contributed by atoms with Gasteiger partial charge in [0.2, 0.25) is 0 Å². The van der Waals surface area contributed by atoms with Crippen molar-refractivity contribution < 1.29 is 0 Å². The average Bonchev–Trinajstić information content (AvgIpc) is 1.99. The third-order valence-electron chi connectivity index (χ3n) is 2.18. The van der Waals surface area contributed by atoms with E-state index in [-0.39, 0.29) is 0 Å². The van der Waals surface area contributed by atoms with Crippen LogP contribution in [0.5, 0.6) is 0 Å². The molecule has 0 aromatic carbocycles. The van der Waals surface area contributed by atoms with Gasteiger partial charge in [0.25, 0.3) is 0 Å². The van der Waals surface area contributed by atoms with Crippen molar-refractivity contribution in [3.05, 3.63) is 0 Å². The molecular formula is C15H35N. The Kier molecular flexibility index (Phi) is 10.4. The average molecular weight is 229 g/mol. The van der Waals surface area contributed by atoms with Crippen molar-refractivity contribution in [3.63, 3.8) is 0 Å². The lowest BCUT2D eigenvalue weighted by molar-refractivity contribution is 0.310. The van der Waals surface area contributed by atoms with Crippen LogP contribution in [0.15, 0.2) is 0 Å². The van der Waals surface area contributed by atoms with E-state index < -0.39 is 0 Å². The second kappa shape index (κ2) is 9.04. The van der Waals surface area contributed by atoms with Gasteiger partial charge in [0.1, 0.15) is 0 Å². The summed E-state index contributed by atoms with van der Waals surface area (Å²) in [6.45, 7) is 19.1. The zero-order chi connectivity index (χ0) is 13.4. The molecule has 0 heterocycles. The van der Waals surface area contributed by atoms with Gasteiger partial charge in [-0.25, -0.2) is 0 Å². The molecule has 1 heteroatoms. The molecule has 0 aliphatic carbocycles. The SMILES string of the molecule is CC(C)(C)C.CNCC(CC(C)C)C(C)C. The van der Waals surface area contributed by atoms with E-state index >= 15 is 0 Å². The van der Waals surface area contributed by atoms with Gasteiger partial charge < -0.3 is 5.32 Å². The van der Waals surface area contributed by atoms with Crippen LogP contribution in [-0.4, -0.2) is 13.6 Å². The van der Waals surface area contributed by atoms with Crippen LogP contribution in [0.2, 0.25) is 0 Å². The number of hydrogen-bond donors (Lipinski definition) is 1. The zero-order valence-electron chi connectivity index (χ0n) is 13.1. The van der Waals surface area contributed by atoms with Crippen LogP contribution in [0, 0.1) is 23.2 Å². The summed E-state index contributed by atoms with van der Waals surface area (Å²) in [7, 11) is 2.04. The summed E-state index contributed by atoms with van der Waals surface area (Å²) in [5.74, 6) is 2.49. The van der Waals surface area contributed by atoms with Crippen molar-refractivity contribution in [2.75, 3.05) is 13.6 Å². The molecule has 0 saturated carbocycles. The van der Waals surface area contributed by atoms with Gasteiger partial charge in [-0.05, 0) is 43.2 Å². The normalized spacial score (nSPS) is 13.7. The quantitative estimate of drug-likeness (QED) is 0.728. The van der Waals surface area contributed by atoms with Gasteiger partial charge in [0, 0.05) is 0 Å². The predicted octanol–water partition coefficient (Wildman–Crippen LogP) is 4.58. The highest BCUT2D eigenvalue weighted by molar-refractivity contribution is 4.66. The molecule has 1 atom stereocenters. The van der Waals surface area contributed by atoms with E-state index in [2.05, 4.69) is 60.7 Å². The standard InChI is InChI=1S/C10H23N.C5H12/c1-8(2)6-10(7-11-5)9(3)4;1-5(2,3)4/h8-11H,6-7H2,1-5H3;1-4H3. The minimum atomic E-state index is 0.500. The highest BCUT2D eigenvalue weighted by atomic mass is 14.8. The molecule has 0 amide bonds. The number of rotatable bonds is 5. The molecule has 0 fully saturated rings. The largest absolute Gasteiger partial charge is 0.319 e. The Labute approximate surface area is 104 Å². The second-order valence-corrected chi connectivity index (χ2v) is 7.19. The molecule has 1 nitrogen and oxygen atoms in total. The van der Waals surface area contributed by atoms with E-state index in [1.54, 1.807) is 0 Å². The van der Waals surface area contributed by atoms with Crippen LogP contribution in [0.3, 0.4) is 0 Å². The molecule has 1 N–H and O–H groups in total. The van der Waals surface area contributed by atoms with Gasteiger partial charge in [0.15, 0.2) is 0 Å². The first kappa shape index (κ1) is 18.3. The van der Waals surface area contributed by atoms with Crippen LogP contribution < -0.4 is 5.32 Å². The highest BCUT2D eigenvalue weighted by Crippen LogP contribution is 2.18. The molecule has 0 spiro atoms. The second-order valence-electron chi connectivity index (χ2n) is 7.19. The molecule has 1 unspecified atom stereocenters. The Bertz CT molecular complexity index is 136. The lowest BCUT2D eigenvalue weighted by Crippen LogP contribution is -2.24. The smallest absolute Gasteiger partial charge is 0.00210 e. The van der Waals surface area contributed by atoms with Gasteiger partial charge in [0.05, 0.1) is 0 Å². The fourth-order valence-electron chi connectivity index (χ4n) is 1.46. The molecule has 0 aliphatic heterocycles. The molecule has 16 heavy (non-hydrogen) atoms. The molecule has 0 bridgehead atoms. The minimum Gasteiger partial charge on any atom is -0.319 e. The Hall–Kier alpha value is -0.0400. The Balaban J connectivity index is 0. The Morgan fingerprint density at radius 3 is 1.50 bits per heavy atom. The van der Waals surface area contributed by atoms with Crippen LogP contribution in [-0.2, 0) is 0 Å². The van der Waals surface area contributed by atoms with Gasteiger partial charge >= 0.3 is 0 Å². The third kappa shape index (κ3) is 19.5. The lowest BCUT2D eigenvalue weighted by Gasteiger charge is -2.22. The van der Waals surface area contributed by atoms with Gasteiger partial charge in [-0.1, -0.05) is 55.4 Å². The van der Waals surface area contributed by atoms with E-state index in [1.807, 2.05) is 7.05 Å². The first-order valence-electron chi connectivity index (χ1n) is 6.72. The van der Waals surface area contributed by atoms with Crippen molar-refractivity contribution in [2.24, 2.45) is 23.2 Å². The molecule has 0 aromatic heterocycles. The topological polar surface area (TPSA) is 12.0 Å². The number of hydrogen-bond acceptors (Lipinski definition) is 1. The fraction of sp³-hybridized carbons (Fsp3) is 1.00. The van der Waals surface area contributed by atoms with Crippen molar-refractivity contribution in [3.8, 4) is 0 Å². The van der Waals surface area contributed by atoms with Crippen molar-refractivity contribution in [2.45, 2.75) is 61.8 Å². The summed E-state index contributed by atoms with van der Waals surface area (Å²) in [5.41, 5.74) is 0.500. The summed E-state index contributed by atoms with van der Waals surface area (Å²) < 4.78 is 0. The zero-order valence-corrected chi connectivity index (χ0v) is 13.1. The molecule has 0 radical (unpaired) electrons. The molecule has 100 valence electrons. The molecular weight excluding hydrogens is 194 g/mol. The van der Waals surface area contributed by atoms with Crippen LogP contribution in [0.4, 0.5) is 0 Å². The first-order chi connectivity index (χ1) is 7.07. The minimum absolute atomic E-state index is 0.500. The maximum atomic E-state index is 3.25.